The molecule has 66 valence electrons. The van der Waals surface area contributed by atoms with Gasteiger partial charge in [0.15, 0.2) is 0 Å². The summed E-state index contributed by atoms with van der Waals surface area (Å²) >= 11 is 3.42. The summed E-state index contributed by atoms with van der Waals surface area (Å²) < 4.78 is 5.09. The summed E-state index contributed by atoms with van der Waals surface area (Å²) in [5, 5.41) is 0.924. The van der Waals surface area contributed by atoms with Crippen molar-refractivity contribution in [2.24, 2.45) is 0 Å². The highest BCUT2D eigenvalue weighted by molar-refractivity contribution is 9.09. The number of hydrogen-bond acceptors (Lipinski definition) is 2. The second kappa shape index (κ2) is 4.45. The molecule has 1 unspecified atom stereocenters. The van der Waals surface area contributed by atoms with Crippen LogP contribution in [0.15, 0.2) is 18.3 Å². The smallest absolute Gasteiger partial charge is 0.122 e. The Hall–Kier alpha value is -0.570. The summed E-state index contributed by atoms with van der Waals surface area (Å²) in [6.07, 6.45) is 1.77. The Balaban J connectivity index is 2.86. The Labute approximate surface area is 81.1 Å². The molecule has 1 rings (SSSR count). The van der Waals surface area contributed by atoms with Crippen molar-refractivity contribution < 1.29 is 4.74 Å². The molecule has 1 heterocycles. The quantitative estimate of drug-likeness (QED) is 0.744. The molecular formula is C9H12BrNO. The van der Waals surface area contributed by atoms with E-state index in [1.807, 2.05) is 12.1 Å². The molecule has 0 radical (unpaired) electrons. The van der Waals surface area contributed by atoms with Crippen LogP contribution in [0.25, 0.3) is 0 Å². The number of halogens is 1. The number of aromatic nitrogens is 1. The summed E-state index contributed by atoms with van der Waals surface area (Å²) in [4.78, 5) is 4.25. The van der Waals surface area contributed by atoms with Crippen molar-refractivity contribution >= 4 is 15.9 Å². The van der Waals surface area contributed by atoms with Gasteiger partial charge in [-0.3, -0.25) is 4.98 Å². The van der Waals surface area contributed by atoms with Crippen molar-refractivity contribution in [2.45, 2.75) is 12.8 Å². The van der Waals surface area contributed by atoms with Crippen molar-refractivity contribution in [3.8, 4) is 5.75 Å². The minimum atomic E-state index is 0.431. The molecule has 0 bridgehead atoms. The van der Waals surface area contributed by atoms with Gasteiger partial charge in [-0.1, -0.05) is 22.9 Å². The molecule has 0 aliphatic heterocycles. The summed E-state index contributed by atoms with van der Waals surface area (Å²) in [5.74, 6) is 1.30. The van der Waals surface area contributed by atoms with E-state index in [4.69, 9.17) is 4.74 Å². The van der Waals surface area contributed by atoms with E-state index in [1.54, 1.807) is 13.3 Å². The molecule has 0 spiro atoms. The standard InChI is InChI=1S/C9H12BrNO/c1-7(6-10)9-5-8(12-2)3-4-11-9/h3-5,7H,6H2,1-2H3. The van der Waals surface area contributed by atoms with Crippen molar-refractivity contribution in [1.82, 2.24) is 4.98 Å². The fraction of sp³-hybridized carbons (Fsp3) is 0.444. The van der Waals surface area contributed by atoms with Gasteiger partial charge in [-0.05, 0) is 6.07 Å². The molecule has 12 heavy (non-hydrogen) atoms. The number of methoxy groups -OCH3 is 1. The van der Waals surface area contributed by atoms with Crippen LogP contribution in [-0.2, 0) is 0 Å². The van der Waals surface area contributed by atoms with Crippen LogP contribution in [0.4, 0.5) is 0 Å². The normalized spacial score (nSPS) is 12.6. The Morgan fingerprint density at radius 2 is 2.42 bits per heavy atom. The van der Waals surface area contributed by atoms with Crippen LogP contribution in [0.5, 0.6) is 5.75 Å². The van der Waals surface area contributed by atoms with E-state index in [2.05, 4.69) is 27.8 Å². The molecule has 0 aliphatic carbocycles. The maximum Gasteiger partial charge on any atom is 0.122 e. The minimum absolute atomic E-state index is 0.431. The molecular weight excluding hydrogens is 218 g/mol. The van der Waals surface area contributed by atoms with Crippen molar-refractivity contribution in [3.05, 3.63) is 24.0 Å². The van der Waals surface area contributed by atoms with Gasteiger partial charge >= 0.3 is 0 Å². The van der Waals surface area contributed by atoms with Crippen molar-refractivity contribution in [1.29, 1.82) is 0 Å². The second-order valence-corrected chi connectivity index (χ2v) is 3.32. The number of ether oxygens (including phenoxy) is 1. The maximum absolute atomic E-state index is 5.09. The Kier molecular flexibility index (Phi) is 3.53. The fourth-order valence-corrected chi connectivity index (χ4v) is 1.24. The van der Waals surface area contributed by atoms with Gasteiger partial charge in [-0.2, -0.15) is 0 Å². The number of rotatable bonds is 3. The first kappa shape index (κ1) is 9.52. The third-order valence-electron chi connectivity index (χ3n) is 1.72. The zero-order valence-electron chi connectivity index (χ0n) is 7.25. The summed E-state index contributed by atoms with van der Waals surface area (Å²) in [7, 11) is 1.66. The van der Waals surface area contributed by atoms with E-state index in [-0.39, 0.29) is 0 Å². The maximum atomic E-state index is 5.09. The SMILES string of the molecule is COc1ccnc(C(C)CBr)c1. The van der Waals surface area contributed by atoms with Crippen LogP contribution < -0.4 is 4.74 Å². The molecule has 1 aromatic rings. The van der Waals surface area contributed by atoms with Crippen LogP contribution >= 0.6 is 15.9 Å². The molecule has 2 nitrogen and oxygen atoms in total. The number of nitrogens with zero attached hydrogens (tertiary/aromatic N) is 1. The minimum Gasteiger partial charge on any atom is -0.497 e. The first-order valence-electron chi connectivity index (χ1n) is 3.84. The average molecular weight is 230 g/mol. The van der Waals surface area contributed by atoms with Crippen LogP contribution in [0.2, 0.25) is 0 Å². The molecule has 0 amide bonds. The highest BCUT2D eigenvalue weighted by Gasteiger charge is 2.05. The van der Waals surface area contributed by atoms with Gasteiger partial charge in [-0.15, -0.1) is 0 Å². The van der Waals surface area contributed by atoms with Crippen LogP contribution in [0, 0.1) is 0 Å². The number of alkyl halides is 1. The molecule has 0 aromatic carbocycles. The van der Waals surface area contributed by atoms with Gasteiger partial charge < -0.3 is 4.74 Å². The lowest BCUT2D eigenvalue weighted by atomic mass is 10.1. The average Bonchev–Trinajstić information content (AvgIpc) is 2.17. The second-order valence-electron chi connectivity index (χ2n) is 2.68. The first-order valence-corrected chi connectivity index (χ1v) is 4.96. The van der Waals surface area contributed by atoms with E-state index in [0.717, 1.165) is 16.8 Å². The highest BCUT2D eigenvalue weighted by atomic mass is 79.9. The van der Waals surface area contributed by atoms with Crippen LogP contribution in [0.1, 0.15) is 18.5 Å². The van der Waals surface area contributed by atoms with Gasteiger partial charge in [0.25, 0.3) is 0 Å². The summed E-state index contributed by atoms with van der Waals surface area (Å²) in [5.41, 5.74) is 1.06. The van der Waals surface area contributed by atoms with E-state index in [9.17, 15) is 0 Å². The molecule has 0 N–H and O–H groups in total. The molecule has 0 saturated heterocycles. The monoisotopic (exact) mass is 229 g/mol. The lowest BCUT2D eigenvalue weighted by molar-refractivity contribution is 0.413. The molecule has 0 aliphatic rings. The third-order valence-corrected chi connectivity index (χ3v) is 2.70. The van der Waals surface area contributed by atoms with E-state index in [0.29, 0.717) is 5.92 Å². The van der Waals surface area contributed by atoms with E-state index >= 15 is 0 Å². The zero-order valence-corrected chi connectivity index (χ0v) is 8.84. The Morgan fingerprint density at radius 3 is 3.00 bits per heavy atom. The summed E-state index contributed by atoms with van der Waals surface area (Å²) in [6.45, 7) is 2.12. The predicted molar refractivity (Wildman–Crippen MR) is 53.0 cm³/mol. The van der Waals surface area contributed by atoms with Crippen molar-refractivity contribution in [3.63, 3.8) is 0 Å². The number of hydrogen-bond donors (Lipinski definition) is 0. The van der Waals surface area contributed by atoms with Crippen LogP contribution in [0.3, 0.4) is 0 Å². The van der Waals surface area contributed by atoms with Gasteiger partial charge in [0, 0.05) is 29.2 Å². The Bertz CT molecular complexity index is 252. The summed E-state index contributed by atoms with van der Waals surface area (Å²) in [6, 6.07) is 3.82. The van der Waals surface area contributed by atoms with E-state index < -0.39 is 0 Å². The third kappa shape index (κ3) is 2.21. The zero-order chi connectivity index (χ0) is 8.97. The Morgan fingerprint density at radius 1 is 1.67 bits per heavy atom. The first-order chi connectivity index (χ1) is 5.77. The predicted octanol–water partition coefficient (Wildman–Crippen LogP) is 2.59. The molecule has 0 fully saturated rings. The molecule has 1 atom stereocenters. The topological polar surface area (TPSA) is 22.1 Å². The largest absolute Gasteiger partial charge is 0.497 e. The fourth-order valence-electron chi connectivity index (χ4n) is 0.903. The number of pyridine rings is 1. The van der Waals surface area contributed by atoms with E-state index in [1.165, 1.54) is 0 Å². The van der Waals surface area contributed by atoms with Gasteiger partial charge in [0.05, 0.1) is 7.11 Å². The highest BCUT2D eigenvalue weighted by Crippen LogP contribution is 2.19. The lowest BCUT2D eigenvalue weighted by Gasteiger charge is -2.07. The van der Waals surface area contributed by atoms with Gasteiger partial charge in [0.1, 0.15) is 5.75 Å². The molecule has 3 heteroatoms. The van der Waals surface area contributed by atoms with Crippen LogP contribution in [-0.4, -0.2) is 17.4 Å². The van der Waals surface area contributed by atoms with Gasteiger partial charge in [-0.25, -0.2) is 0 Å². The van der Waals surface area contributed by atoms with Crippen molar-refractivity contribution in [2.75, 3.05) is 12.4 Å². The lowest BCUT2D eigenvalue weighted by Crippen LogP contribution is -1.98. The van der Waals surface area contributed by atoms with Gasteiger partial charge in [0.2, 0.25) is 0 Å². The molecule has 1 aromatic heterocycles. The molecule has 0 saturated carbocycles.